The summed E-state index contributed by atoms with van der Waals surface area (Å²) in [4.78, 5) is 0. The average molecular weight is 192 g/mol. The lowest BCUT2D eigenvalue weighted by Gasteiger charge is -2.16. The second kappa shape index (κ2) is 5.79. The Balaban J connectivity index is 2.06. The van der Waals surface area contributed by atoms with Crippen LogP contribution in [0.2, 0.25) is 0 Å². The minimum absolute atomic E-state index is 0.433. The van der Waals surface area contributed by atoms with Gasteiger partial charge < -0.3 is 10.1 Å². The minimum Gasteiger partial charge on any atom is -0.377 e. The van der Waals surface area contributed by atoms with Gasteiger partial charge in [0, 0.05) is 25.1 Å². The van der Waals surface area contributed by atoms with Gasteiger partial charge in [-0.1, -0.05) is 6.92 Å². The smallest absolute Gasteiger partial charge is 0.0700 e. The Morgan fingerprint density at radius 1 is 1.67 bits per heavy atom. The van der Waals surface area contributed by atoms with E-state index >= 15 is 0 Å². The molecule has 1 heterocycles. The van der Waals surface area contributed by atoms with E-state index in [4.69, 9.17) is 16.3 Å². The molecule has 1 aliphatic rings. The quantitative estimate of drug-likeness (QED) is 0.669. The molecule has 2 nitrogen and oxygen atoms in total. The topological polar surface area (TPSA) is 21.3 Å². The van der Waals surface area contributed by atoms with Crippen molar-refractivity contribution in [3.63, 3.8) is 0 Å². The van der Waals surface area contributed by atoms with Gasteiger partial charge in [-0.25, -0.2) is 0 Å². The molecule has 2 atom stereocenters. The molecule has 1 aliphatic heterocycles. The molecule has 0 aromatic carbocycles. The van der Waals surface area contributed by atoms with Gasteiger partial charge in [0.1, 0.15) is 0 Å². The molecule has 3 heteroatoms. The maximum atomic E-state index is 5.75. The number of halogens is 1. The number of hydrogen-bond donors (Lipinski definition) is 1. The van der Waals surface area contributed by atoms with Crippen LogP contribution < -0.4 is 5.32 Å². The van der Waals surface area contributed by atoms with Crippen molar-refractivity contribution >= 4 is 11.6 Å². The van der Waals surface area contributed by atoms with Crippen molar-refractivity contribution in [1.82, 2.24) is 5.32 Å². The van der Waals surface area contributed by atoms with Crippen molar-refractivity contribution < 1.29 is 4.74 Å². The molecule has 0 aromatic rings. The lowest BCUT2D eigenvalue weighted by atomic mass is 10.2. The minimum atomic E-state index is 0.433. The zero-order chi connectivity index (χ0) is 8.81. The second-order valence-corrected chi connectivity index (χ2v) is 3.61. The SMILES string of the molecule is CCC(CCl)NCC1CCCO1. The molecule has 0 radical (unpaired) electrons. The first-order chi connectivity index (χ1) is 5.86. The highest BCUT2D eigenvalue weighted by Gasteiger charge is 2.16. The van der Waals surface area contributed by atoms with Crippen molar-refractivity contribution in [3.8, 4) is 0 Å². The molecule has 1 N–H and O–H groups in total. The molecular weight excluding hydrogens is 174 g/mol. The number of hydrogen-bond acceptors (Lipinski definition) is 2. The lowest BCUT2D eigenvalue weighted by molar-refractivity contribution is 0.108. The van der Waals surface area contributed by atoms with E-state index in [0.29, 0.717) is 18.0 Å². The average Bonchev–Trinajstić information content (AvgIpc) is 2.59. The summed E-state index contributed by atoms with van der Waals surface area (Å²) >= 11 is 5.75. The van der Waals surface area contributed by atoms with Crippen molar-refractivity contribution in [2.24, 2.45) is 0 Å². The summed E-state index contributed by atoms with van der Waals surface area (Å²) in [5.41, 5.74) is 0. The molecule has 72 valence electrons. The molecule has 0 saturated carbocycles. The summed E-state index contributed by atoms with van der Waals surface area (Å²) in [5.74, 6) is 0.698. The summed E-state index contributed by atoms with van der Waals surface area (Å²) in [6.45, 7) is 4.05. The van der Waals surface area contributed by atoms with E-state index in [2.05, 4.69) is 12.2 Å². The van der Waals surface area contributed by atoms with E-state index < -0.39 is 0 Å². The summed E-state index contributed by atoms with van der Waals surface area (Å²) in [5, 5.41) is 3.40. The van der Waals surface area contributed by atoms with Crippen molar-refractivity contribution in [2.45, 2.75) is 38.3 Å². The van der Waals surface area contributed by atoms with Crippen LogP contribution in [0.15, 0.2) is 0 Å². The highest BCUT2D eigenvalue weighted by molar-refractivity contribution is 6.18. The standard InChI is InChI=1S/C9H18ClNO/c1-2-8(6-10)11-7-9-4-3-5-12-9/h8-9,11H,2-7H2,1H3. The lowest BCUT2D eigenvalue weighted by Crippen LogP contribution is -2.36. The Kier molecular flexibility index (Phi) is 4.96. The van der Waals surface area contributed by atoms with Crippen LogP contribution in [0, 0.1) is 0 Å². The Labute approximate surface area is 79.6 Å². The van der Waals surface area contributed by atoms with Crippen molar-refractivity contribution in [1.29, 1.82) is 0 Å². The van der Waals surface area contributed by atoms with Crippen LogP contribution >= 0.6 is 11.6 Å². The molecule has 0 aliphatic carbocycles. The number of rotatable bonds is 5. The molecule has 0 spiro atoms. The third-order valence-electron chi connectivity index (χ3n) is 2.34. The van der Waals surface area contributed by atoms with Crippen LogP contribution in [-0.4, -0.2) is 31.2 Å². The Morgan fingerprint density at radius 3 is 3.00 bits per heavy atom. The third-order valence-corrected chi connectivity index (χ3v) is 2.71. The van der Waals surface area contributed by atoms with E-state index in [9.17, 15) is 0 Å². The zero-order valence-electron chi connectivity index (χ0n) is 7.68. The molecule has 2 unspecified atom stereocenters. The first-order valence-electron chi connectivity index (χ1n) is 4.77. The van der Waals surface area contributed by atoms with Gasteiger partial charge in [-0.15, -0.1) is 11.6 Å². The van der Waals surface area contributed by atoms with Gasteiger partial charge in [-0.2, -0.15) is 0 Å². The summed E-state index contributed by atoms with van der Waals surface area (Å²) in [7, 11) is 0. The molecule has 0 bridgehead atoms. The highest BCUT2D eigenvalue weighted by Crippen LogP contribution is 2.11. The van der Waals surface area contributed by atoms with E-state index in [1.807, 2.05) is 0 Å². The normalized spacial score (nSPS) is 26.0. The Bertz CT molecular complexity index is 109. The fourth-order valence-electron chi connectivity index (χ4n) is 1.41. The Morgan fingerprint density at radius 2 is 2.50 bits per heavy atom. The fraction of sp³-hybridized carbons (Fsp3) is 1.00. The van der Waals surface area contributed by atoms with Crippen LogP contribution in [0.3, 0.4) is 0 Å². The van der Waals surface area contributed by atoms with Gasteiger partial charge in [0.15, 0.2) is 0 Å². The van der Waals surface area contributed by atoms with Crippen LogP contribution in [0.25, 0.3) is 0 Å². The molecule has 1 fully saturated rings. The number of nitrogens with one attached hydrogen (secondary N) is 1. The third kappa shape index (κ3) is 3.30. The molecular formula is C9H18ClNO. The summed E-state index contributed by atoms with van der Waals surface area (Å²) < 4.78 is 5.49. The van der Waals surface area contributed by atoms with Crippen LogP contribution in [0.1, 0.15) is 26.2 Å². The first-order valence-corrected chi connectivity index (χ1v) is 5.31. The molecule has 1 rings (SSSR count). The predicted molar refractivity (Wildman–Crippen MR) is 51.8 cm³/mol. The zero-order valence-corrected chi connectivity index (χ0v) is 8.44. The van der Waals surface area contributed by atoms with Gasteiger partial charge in [-0.05, 0) is 19.3 Å². The number of alkyl halides is 1. The second-order valence-electron chi connectivity index (χ2n) is 3.30. The first kappa shape index (κ1) is 10.3. The van der Waals surface area contributed by atoms with E-state index in [1.165, 1.54) is 12.8 Å². The van der Waals surface area contributed by atoms with Crippen LogP contribution in [0.5, 0.6) is 0 Å². The van der Waals surface area contributed by atoms with Crippen molar-refractivity contribution in [3.05, 3.63) is 0 Å². The summed E-state index contributed by atoms with van der Waals surface area (Å²) in [6.07, 6.45) is 3.94. The Hall–Kier alpha value is 0.210. The van der Waals surface area contributed by atoms with Gasteiger partial charge in [0.2, 0.25) is 0 Å². The van der Waals surface area contributed by atoms with E-state index in [0.717, 1.165) is 19.6 Å². The molecule has 0 amide bonds. The van der Waals surface area contributed by atoms with Gasteiger partial charge in [0.25, 0.3) is 0 Å². The largest absolute Gasteiger partial charge is 0.377 e. The van der Waals surface area contributed by atoms with E-state index in [1.54, 1.807) is 0 Å². The van der Waals surface area contributed by atoms with Gasteiger partial charge in [0.05, 0.1) is 6.10 Å². The maximum absolute atomic E-state index is 5.75. The highest BCUT2D eigenvalue weighted by atomic mass is 35.5. The molecule has 12 heavy (non-hydrogen) atoms. The number of ether oxygens (including phenoxy) is 1. The van der Waals surface area contributed by atoms with Crippen LogP contribution in [0.4, 0.5) is 0 Å². The molecule has 1 saturated heterocycles. The monoisotopic (exact) mass is 191 g/mol. The van der Waals surface area contributed by atoms with Crippen molar-refractivity contribution in [2.75, 3.05) is 19.0 Å². The van der Waals surface area contributed by atoms with Crippen LogP contribution in [-0.2, 0) is 4.74 Å². The predicted octanol–water partition coefficient (Wildman–Crippen LogP) is 1.77. The fourth-order valence-corrected chi connectivity index (χ4v) is 1.74. The van der Waals surface area contributed by atoms with E-state index in [-0.39, 0.29) is 0 Å². The van der Waals surface area contributed by atoms with Gasteiger partial charge >= 0.3 is 0 Å². The van der Waals surface area contributed by atoms with Gasteiger partial charge in [-0.3, -0.25) is 0 Å². The maximum Gasteiger partial charge on any atom is 0.0700 e. The summed E-state index contributed by atoms with van der Waals surface area (Å²) in [6, 6.07) is 0.455. The molecule has 0 aromatic heterocycles.